The minimum absolute atomic E-state index is 0.375. The third kappa shape index (κ3) is 5.37. The SMILES string of the molecule is Brc1ccc[nH]1.COC=O. The van der Waals surface area contributed by atoms with E-state index in [0.717, 1.165) is 4.60 Å². The zero-order valence-electron chi connectivity index (χ0n) is 5.50. The van der Waals surface area contributed by atoms with E-state index in [-0.39, 0.29) is 0 Å². The highest BCUT2D eigenvalue weighted by Gasteiger charge is 1.74. The van der Waals surface area contributed by atoms with Crippen LogP contribution in [0, 0.1) is 0 Å². The van der Waals surface area contributed by atoms with Crippen molar-refractivity contribution in [1.29, 1.82) is 0 Å². The monoisotopic (exact) mass is 205 g/mol. The molecule has 0 radical (unpaired) electrons. The first-order chi connectivity index (χ1) is 4.81. The van der Waals surface area contributed by atoms with Crippen LogP contribution in [0.1, 0.15) is 0 Å². The van der Waals surface area contributed by atoms with Crippen molar-refractivity contribution < 1.29 is 9.53 Å². The molecule has 0 unspecified atom stereocenters. The zero-order valence-corrected chi connectivity index (χ0v) is 7.09. The van der Waals surface area contributed by atoms with E-state index in [9.17, 15) is 0 Å². The van der Waals surface area contributed by atoms with Crippen molar-refractivity contribution in [1.82, 2.24) is 4.98 Å². The lowest BCUT2D eigenvalue weighted by atomic mass is 10.7. The van der Waals surface area contributed by atoms with Gasteiger partial charge in [-0.15, -0.1) is 0 Å². The smallest absolute Gasteiger partial charge is 0.292 e. The number of carbonyl (C=O) groups is 1. The summed E-state index contributed by atoms with van der Waals surface area (Å²) in [4.78, 5) is 11.9. The second kappa shape index (κ2) is 6.35. The molecule has 1 rings (SSSR count). The van der Waals surface area contributed by atoms with Gasteiger partial charge in [-0.3, -0.25) is 4.79 Å². The van der Waals surface area contributed by atoms with Crippen molar-refractivity contribution in [2.45, 2.75) is 0 Å². The van der Waals surface area contributed by atoms with Gasteiger partial charge < -0.3 is 9.72 Å². The zero-order chi connectivity index (χ0) is 7.82. The van der Waals surface area contributed by atoms with E-state index >= 15 is 0 Å². The first kappa shape index (κ1) is 9.23. The number of carbonyl (C=O) groups excluding carboxylic acids is 1. The molecular formula is C6H8BrNO2. The number of nitrogens with one attached hydrogen (secondary N) is 1. The Kier molecular flexibility index (Phi) is 5.86. The first-order valence-electron chi connectivity index (χ1n) is 2.56. The Hall–Kier alpha value is -0.770. The Balaban J connectivity index is 0.000000180. The van der Waals surface area contributed by atoms with Gasteiger partial charge in [-0.2, -0.15) is 0 Å². The molecule has 3 nitrogen and oxygen atoms in total. The van der Waals surface area contributed by atoms with E-state index < -0.39 is 0 Å². The van der Waals surface area contributed by atoms with Crippen LogP contribution in [0.25, 0.3) is 0 Å². The molecule has 0 atom stereocenters. The van der Waals surface area contributed by atoms with Gasteiger partial charge in [0.05, 0.1) is 11.7 Å². The maximum absolute atomic E-state index is 8.95. The summed E-state index contributed by atoms with van der Waals surface area (Å²) in [5.41, 5.74) is 0. The number of aromatic amines is 1. The van der Waals surface area contributed by atoms with Crippen molar-refractivity contribution in [2.75, 3.05) is 7.11 Å². The number of H-pyrrole nitrogens is 1. The van der Waals surface area contributed by atoms with Gasteiger partial charge in [0.2, 0.25) is 0 Å². The molecule has 0 aliphatic rings. The summed E-state index contributed by atoms with van der Waals surface area (Å²) in [5, 5.41) is 0. The molecule has 0 aliphatic heterocycles. The van der Waals surface area contributed by atoms with E-state index in [0.29, 0.717) is 6.47 Å². The van der Waals surface area contributed by atoms with E-state index in [2.05, 4.69) is 25.7 Å². The maximum atomic E-state index is 8.95. The third-order valence-corrected chi connectivity index (χ3v) is 1.15. The molecule has 10 heavy (non-hydrogen) atoms. The number of aromatic nitrogens is 1. The van der Waals surface area contributed by atoms with E-state index in [4.69, 9.17) is 4.79 Å². The molecule has 0 fully saturated rings. The number of rotatable bonds is 1. The predicted octanol–water partition coefficient (Wildman–Crippen LogP) is 1.57. The lowest BCUT2D eigenvalue weighted by Crippen LogP contribution is -1.68. The lowest BCUT2D eigenvalue weighted by Gasteiger charge is -1.67. The van der Waals surface area contributed by atoms with Crippen molar-refractivity contribution >= 4 is 22.4 Å². The van der Waals surface area contributed by atoms with E-state index in [1.54, 1.807) is 0 Å². The maximum Gasteiger partial charge on any atom is 0.292 e. The largest absolute Gasteiger partial charge is 0.471 e. The number of ether oxygens (including phenoxy) is 1. The molecule has 1 aromatic heterocycles. The highest BCUT2D eigenvalue weighted by atomic mass is 79.9. The quantitative estimate of drug-likeness (QED) is 0.708. The number of hydrogen-bond acceptors (Lipinski definition) is 2. The highest BCUT2D eigenvalue weighted by molar-refractivity contribution is 9.10. The Morgan fingerprint density at radius 1 is 1.80 bits per heavy atom. The van der Waals surface area contributed by atoms with Crippen LogP contribution >= 0.6 is 15.9 Å². The molecule has 0 bridgehead atoms. The fourth-order valence-corrected chi connectivity index (χ4v) is 0.593. The van der Waals surface area contributed by atoms with Crippen LogP contribution in [-0.4, -0.2) is 18.6 Å². The predicted molar refractivity (Wildman–Crippen MR) is 41.6 cm³/mol. The summed E-state index contributed by atoms with van der Waals surface area (Å²) in [6.07, 6.45) is 1.87. The van der Waals surface area contributed by atoms with Crippen LogP contribution in [0.4, 0.5) is 0 Å². The summed E-state index contributed by atoms with van der Waals surface area (Å²) < 4.78 is 4.89. The molecule has 0 saturated carbocycles. The van der Waals surface area contributed by atoms with Gasteiger partial charge in [-0.05, 0) is 28.1 Å². The molecule has 1 aromatic rings. The third-order valence-electron chi connectivity index (χ3n) is 0.656. The van der Waals surface area contributed by atoms with Crippen molar-refractivity contribution in [2.24, 2.45) is 0 Å². The van der Waals surface area contributed by atoms with Gasteiger partial charge >= 0.3 is 0 Å². The number of halogens is 1. The molecule has 0 amide bonds. The van der Waals surface area contributed by atoms with Crippen LogP contribution < -0.4 is 0 Å². The van der Waals surface area contributed by atoms with Crippen molar-refractivity contribution in [3.05, 3.63) is 22.9 Å². The Labute approximate surface area is 67.5 Å². The van der Waals surface area contributed by atoms with Crippen molar-refractivity contribution in [3.8, 4) is 0 Å². The average molecular weight is 206 g/mol. The molecule has 0 aliphatic carbocycles. The Bertz CT molecular complexity index is 162. The summed E-state index contributed by atoms with van der Waals surface area (Å²) in [7, 11) is 1.31. The van der Waals surface area contributed by atoms with Crippen LogP contribution in [0.15, 0.2) is 22.9 Å². The van der Waals surface area contributed by atoms with Crippen LogP contribution in [0.3, 0.4) is 0 Å². The standard InChI is InChI=1S/C4H4BrN.C2H4O2/c5-4-2-1-3-6-4;1-4-2-3/h1-3,6H;2H,1H3. The first-order valence-corrected chi connectivity index (χ1v) is 3.36. The van der Waals surface area contributed by atoms with Crippen LogP contribution in [0.2, 0.25) is 0 Å². The van der Waals surface area contributed by atoms with Crippen LogP contribution in [-0.2, 0) is 9.53 Å². The van der Waals surface area contributed by atoms with Crippen molar-refractivity contribution in [3.63, 3.8) is 0 Å². The van der Waals surface area contributed by atoms with E-state index in [1.807, 2.05) is 18.3 Å². The van der Waals surface area contributed by atoms with Gasteiger partial charge in [0.1, 0.15) is 0 Å². The van der Waals surface area contributed by atoms with E-state index in [1.165, 1.54) is 7.11 Å². The molecule has 4 heteroatoms. The minimum Gasteiger partial charge on any atom is -0.471 e. The molecule has 1 heterocycles. The van der Waals surface area contributed by atoms with Crippen LogP contribution in [0.5, 0.6) is 0 Å². The second-order valence-electron chi connectivity index (χ2n) is 1.35. The summed E-state index contributed by atoms with van der Waals surface area (Å²) >= 11 is 3.23. The molecule has 1 N–H and O–H groups in total. The summed E-state index contributed by atoms with van der Waals surface area (Å²) in [5.74, 6) is 0. The highest BCUT2D eigenvalue weighted by Crippen LogP contribution is 2.01. The fourth-order valence-electron chi connectivity index (χ4n) is 0.308. The fraction of sp³-hybridized carbons (Fsp3) is 0.167. The van der Waals surface area contributed by atoms with Gasteiger partial charge in [0.15, 0.2) is 0 Å². The van der Waals surface area contributed by atoms with Gasteiger partial charge in [-0.1, -0.05) is 0 Å². The summed E-state index contributed by atoms with van der Waals surface area (Å²) in [6.45, 7) is 0.375. The Morgan fingerprint density at radius 2 is 2.40 bits per heavy atom. The topological polar surface area (TPSA) is 42.1 Å². The molecular weight excluding hydrogens is 198 g/mol. The lowest BCUT2D eigenvalue weighted by molar-refractivity contribution is -0.126. The second-order valence-corrected chi connectivity index (χ2v) is 2.20. The molecule has 0 spiro atoms. The summed E-state index contributed by atoms with van der Waals surface area (Å²) in [6, 6.07) is 3.88. The van der Waals surface area contributed by atoms with Gasteiger partial charge in [0, 0.05) is 6.20 Å². The Morgan fingerprint density at radius 3 is 2.50 bits per heavy atom. The minimum atomic E-state index is 0.375. The number of methoxy groups -OCH3 is 1. The molecule has 0 aromatic carbocycles. The normalized spacial score (nSPS) is 7.40. The van der Waals surface area contributed by atoms with Gasteiger partial charge in [-0.25, -0.2) is 0 Å². The molecule has 0 saturated heterocycles. The molecule has 56 valence electrons. The number of hydrogen-bond donors (Lipinski definition) is 1. The van der Waals surface area contributed by atoms with Gasteiger partial charge in [0.25, 0.3) is 6.47 Å². The average Bonchev–Trinajstić information content (AvgIpc) is 2.40.